The molecule has 5 rings (SSSR count). The van der Waals surface area contributed by atoms with E-state index in [-0.39, 0.29) is 51.9 Å². The second kappa shape index (κ2) is 10.5. The summed E-state index contributed by atoms with van der Waals surface area (Å²) in [5.74, 6) is -1.43. The van der Waals surface area contributed by atoms with E-state index >= 15 is 0 Å². The normalized spacial score (nSPS) is 14.4. The van der Waals surface area contributed by atoms with Gasteiger partial charge in [0.2, 0.25) is 5.91 Å². The van der Waals surface area contributed by atoms with Crippen LogP contribution in [-0.2, 0) is 9.53 Å². The van der Waals surface area contributed by atoms with Crippen molar-refractivity contribution >= 4 is 16.9 Å². The Balaban J connectivity index is 1.74. The van der Waals surface area contributed by atoms with Crippen LogP contribution in [0.1, 0.15) is 23.5 Å². The molecule has 0 unspecified atom stereocenters. The Labute approximate surface area is 218 Å². The summed E-state index contributed by atoms with van der Waals surface area (Å²) in [5.41, 5.74) is 0.817. The summed E-state index contributed by atoms with van der Waals surface area (Å²) in [6.45, 7) is 1.71. The second-order valence-corrected chi connectivity index (χ2v) is 9.05. The third kappa shape index (κ3) is 4.76. The fourth-order valence-corrected chi connectivity index (χ4v) is 4.82. The van der Waals surface area contributed by atoms with Gasteiger partial charge in [-0.15, -0.1) is 0 Å². The molecule has 0 spiro atoms. The van der Waals surface area contributed by atoms with Crippen molar-refractivity contribution in [2.75, 3.05) is 33.4 Å². The number of phenols is 3. The number of amides is 1. The largest absolute Gasteiger partial charge is 0.507 e. The van der Waals surface area contributed by atoms with Crippen LogP contribution in [-0.4, -0.2) is 59.5 Å². The molecule has 1 aliphatic rings. The van der Waals surface area contributed by atoms with Crippen molar-refractivity contribution in [2.45, 2.75) is 12.3 Å². The number of carbonyl (C=O) groups is 1. The van der Waals surface area contributed by atoms with E-state index in [4.69, 9.17) is 13.9 Å². The quantitative estimate of drug-likeness (QED) is 0.350. The lowest BCUT2D eigenvalue weighted by Crippen LogP contribution is -2.41. The van der Waals surface area contributed by atoms with Gasteiger partial charge in [0.1, 0.15) is 28.2 Å². The maximum atomic E-state index is 13.4. The zero-order chi connectivity index (χ0) is 26.8. The summed E-state index contributed by atoms with van der Waals surface area (Å²) in [5, 5.41) is 31.8. The third-order valence-electron chi connectivity index (χ3n) is 6.75. The Hall–Kier alpha value is -4.50. The molecule has 4 aromatic rings. The van der Waals surface area contributed by atoms with Crippen molar-refractivity contribution in [1.82, 2.24) is 4.90 Å². The zero-order valence-corrected chi connectivity index (χ0v) is 20.7. The molecular weight excluding hydrogens is 490 g/mol. The molecule has 0 aliphatic carbocycles. The predicted octanol–water partition coefficient (Wildman–Crippen LogP) is 3.97. The summed E-state index contributed by atoms with van der Waals surface area (Å²) < 4.78 is 16.8. The summed E-state index contributed by atoms with van der Waals surface area (Å²) in [7, 11) is 1.41. The lowest BCUT2D eigenvalue weighted by molar-refractivity contribution is -0.135. The highest BCUT2D eigenvalue weighted by atomic mass is 16.5. The average Bonchev–Trinajstić information content (AvgIpc) is 2.93. The molecule has 1 saturated heterocycles. The number of rotatable bonds is 6. The predicted molar refractivity (Wildman–Crippen MR) is 140 cm³/mol. The van der Waals surface area contributed by atoms with E-state index in [0.29, 0.717) is 37.4 Å². The molecule has 3 aromatic carbocycles. The van der Waals surface area contributed by atoms with Crippen molar-refractivity contribution in [3.05, 3.63) is 82.0 Å². The van der Waals surface area contributed by atoms with Gasteiger partial charge < -0.3 is 34.1 Å². The number of nitrogens with zero attached hydrogens (tertiary/aromatic N) is 1. The van der Waals surface area contributed by atoms with E-state index < -0.39 is 17.1 Å². The molecule has 1 aromatic heterocycles. The van der Waals surface area contributed by atoms with Crippen LogP contribution in [0.4, 0.5) is 0 Å². The van der Waals surface area contributed by atoms with Crippen LogP contribution in [0, 0.1) is 0 Å². The molecule has 196 valence electrons. The number of carbonyl (C=O) groups excluding carboxylic acids is 1. The van der Waals surface area contributed by atoms with Gasteiger partial charge in [-0.2, -0.15) is 0 Å². The number of methoxy groups -OCH3 is 1. The van der Waals surface area contributed by atoms with Gasteiger partial charge in [-0.1, -0.05) is 36.4 Å². The molecule has 3 N–H and O–H groups in total. The maximum absolute atomic E-state index is 13.4. The summed E-state index contributed by atoms with van der Waals surface area (Å²) in [6, 6.07) is 16.0. The molecule has 1 aliphatic heterocycles. The van der Waals surface area contributed by atoms with Gasteiger partial charge in [0, 0.05) is 48.7 Å². The zero-order valence-electron chi connectivity index (χ0n) is 20.7. The summed E-state index contributed by atoms with van der Waals surface area (Å²) in [4.78, 5) is 28.3. The van der Waals surface area contributed by atoms with Gasteiger partial charge in [-0.3, -0.25) is 9.59 Å². The lowest BCUT2D eigenvalue weighted by atomic mass is 9.85. The van der Waals surface area contributed by atoms with Crippen molar-refractivity contribution in [1.29, 1.82) is 0 Å². The minimum absolute atomic E-state index is 0.0272. The Bertz CT molecular complexity index is 1540. The first-order valence-electron chi connectivity index (χ1n) is 12.2. The molecule has 2 heterocycles. The van der Waals surface area contributed by atoms with Gasteiger partial charge >= 0.3 is 0 Å². The van der Waals surface area contributed by atoms with Gasteiger partial charge in [-0.25, -0.2) is 0 Å². The molecule has 9 nitrogen and oxygen atoms in total. The van der Waals surface area contributed by atoms with Crippen LogP contribution < -0.4 is 10.2 Å². The van der Waals surface area contributed by atoms with Crippen LogP contribution in [0.2, 0.25) is 0 Å². The van der Waals surface area contributed by atoms with E-state index in [0.717, 1.165) is 6.07 Å². The van der Waals surface area contributed by atoms with Crippen LogP contribution in [0.3, 0.4) is 0 Å². The number of morpholine rings is 1. The molecule has 1 fully saturated rings. The molecule has 9 heteroatoms. The monoisotopic (exact) mass is 517 g/mol. The minimum atomic E-state index is -0.808. The first kappa shape index (κ1) is 25.2. The van der Waals surface area contributed by atoms with Crippen LogP contribution in [0.5, 0.6) is 23.0 Å². The van der Waals surface area contributed by atoms with Gasteiger partial charge in [-0.05, 0) is 17.7 Å². The smallest absolute Gasteiger partial charge is 0.223 e. The fraction of sp³-hybridized carbons (Fsp3) is 0.241. The number of phenolic OH excluding ortho intramolecular Hbond substituents is 3. The maximum Gasteiger partial charge on any atom is 0.223 e. The van der Waals surface area contributed by atoms with E-state index in [1.165, 1.54) is 19.2 Å². The Morgan fingerprint density at radius 3 is 2.42 bits per heavy atom. The molecule has 0 saturated carbocycles. The summed E-state index contributed by atoms with van der Waals surface area (Å²) in [6.07, 6.45) is -0.0827. The van der Waals surface area contributed by atoms with E-state index in [1.54, 1.807) is 41.3 Å². The van der Waals surface area contributed by atoms with Crippen molar-refractivity contribution in [2.24, 2.45) is 0 Å². The first-order chi connectivity index (χ1) is 18.4. The van der Waals surface area contributed by atoms with Crippen LogP contribution in [0.25, 0.3) is 22.3 Å². The number of aromatic hydroxyl groups is 3. The third-order valence-corrected chi connectivity index (χ3v) is 6.75. The van der Waals surface area contributed by atoms with E-state index in [2.05, 4.69) is 0 Å². The standard InChI is InChI=1S/C29H27NO8/c1-36-25-13-18(7-8-20(25)31)19(14-26(35)30-9-11-37-12-10-30)27-21(32)15-22(33)28-23(34)16-24(38-29(27)28)17-5-3-2-4-6-17/h2-8,13,15-16,19,31-33H,9-12,14H2,1H3/t19-/m0/s1. The Morgan fingerprint density at radius 2 is 1.71 bits per heavy atom. The highest BCUT2D eigenvalue weighted by Crippen LogP contribution is 2.44. The SMILES string of the molecule is COc1cc([C@H](CC(=O)N2CCOCC2)c2c(O)cc(O)c3c(=O)cc(-c4ccccc4)oc23)ccc1O. The van der Waals surface area contributed by atoms with E-state index in [1.807, 2.05) is 6.07 Å². The molecule has 38 heavy (non-hydrogen) atoms. The molecule has 1 atom stereocenters. The van der Waals surface area contributed by atoms with Crippen LogP contribution in [0.15, 0.2) is 69.9 Å². The van der Waals surface area contributed by atoms with Gasteiger partial charge in [0.25, 0.3) is 0 Å². The number of hydrogen-bond donors (Lipinski definition) is 3. The highest BCUT2D eigenvalue weighted by Gasteiger charge is 2.30. The minimum Gasteiger partial charge on any atom is -0.507 e. The lowest BCUT2D eigenvalue weighted by Gasteiger charge is -2.29. The van der Waals surface area contributed by atoms with Crippen LogP contribution >= 0.6 is 0 Å². The number of hydrogen-bond acceptors (Lipinski definition) is 8. The number of benzene rings is 3. The topological polar surface area (TPSA) is 130 Å². The van der Waals surface area contributed by atoms with Gasteiger partial charge in [0.05, 0.1) is 20.3 Å². The second-order valence-electron chi connectivity index (χ2n) is 9.05. The fourth-order valence-electron chi connectivity index (χ4n) is 4.82. The Kier molecular flexibility index (Phi) is 6.93. The van der Waals surface area contributed by atoms with Crippen molar-refractivity contribution < 1.29 is 34.0 Å². The highest BCUT2D eigenvalue weighted by molar-refractivity contribution is 5.91. The molecule has 0 bridgehead atoms. The van der Waals surface area contributed by atoms with Gasteiger partial charge in [0.15, 0.2) is 16.9 Å². The average molecular weight is 518 g/mol. The molecule has 1 amide bonds. The Morgan fingerprint density at radius 1 is 0.974 bits per heavy atom. The summed E-state index contributed by atoms with van der Waals surface area (Å²) >= 11 is 0. The van der Waals surface area contributed by atoms with E-state index in [9.17, 15) is 24.9 Å². The number of fused-ring (bicyclic) bond motifs is 1. The van der Waals surface area contributed by atoms with Crippen molar-refractivity contribution in [3.8, 4) is 34.3 Å². The molecular formula is C29H27NO8. The molecule has 0 radical (unpaired) electrons. The number of ether oxygens (including phenoxy) is 2. The van der Waals surface area contributed by atoms with Crippen molar-refractivity contribution in [3.63, 3.8) is 0 Å². The first-order valence-corrected chi connectivity index (χ1v) is 12.2.